The molecular formula is C15H15F3N4O. The van der Waals surface area contributed by atoms with Crippen LogP contribution in [-0.4, -0.2) is 28.8 Å². The maximum Gasteiger partial charge on any atom is 0.416 e. The van der Waals surface area contributed by atoms with Gasteiger partial charge in [0.25, 0.3) is 0 Å². The Bertz CT molecular complexity index is 705. The Hall–Kier alpha value is -2.35. The van der Waals surface area contributed by atoms with Crippen LogP contribution in [0.4, 0.5) is 18.9 Å². The van der Waals surface area contributed by atoms with Crippen molar-refractivity contribution in [1.29, 1.82) is 0 Å². The predicted octanol–water partition coefficient (Wildman–Crippen LogP) is 2.44. The lowest BCUT2D eigenvalue weighted by molar-refractivity contribution is -0.137. The van der Waals surface area contributed by atoms with Gasteiger partial charge >= 0.3 is 6.18 Å². The van der Waals surface area contributed by atoms with Gasteiger partial charge in [0.15, 0.2) is 0 Å². The molecule has 0 radical (unpaired) electrons. The molecule has 1 fully saturated rings. The lowest BCUT2D eigenvalue weighted by Crippen LogP contribution is -2.24. The fourth-order valence-electron chi connectivity index (χ4n) is 2.48. The average molecular weight is 324 g/mol. The summed E-state index contributed by atoms with van der Waals surface area (Å²) in [6, 6.07) is 4.86. The van der Waals surface area contributed by atoms with E-state index in [1.807, 2.05) is 0 Å². The minimum absolute atomic E-state index is 0.0908. The fraction of sp³-hybridized carbons (Fsp3) is 0.333. The van der Waals surface area contributed by atoms with Gasteiger partial charge in [0.1, 0.15) is 0 Å². The van der Waals surface area contributed by atoms with Gasteiger partial charge in [0, 0.05) is 6.54 Å². The van der Waals surface area contributed by atoms with E-state index in [9.17, 15) is 18.0 Å². The Morgan fingerprint density at radius 3 is 2.91 bits per heavy atom. The molecule has 1 atom stereocenters. The van der Waals surface area contributed by atoms with Crippen molar-refractivity contribution in [1.82, 2.24) is 15.1 Å². The third kappa shape index (κ3) is 3.53. The number of hydrogen-bond acceptors (Lipinski definition) is 3. The molecule has 1 amide bonds. The number of aromatic nitrogens is 2. The van der Waals surface area contributed by atoms with E-state index in [-0.39, 0.29) is 17.5 Å². The summed E-state index contributed by atoms with van der Waals surface area (Å²) in [5.41, 5.74) is -0.00437. The molecule has 1 aliphatic rings. The summed E-state index contributed by atoms with van der Waals surface area (Å²) in [4.78, 5) is 12.0. The van der Waals surface area contributed by atoms with Crippen molar-refractivity contribution >= 4 is 11.6 Å². The van der Waals surface area contributed by atoms with E-state index in [2.05, 4.69) is 15.7 Å². The molecule has 1 aromatic heterocycles. The molecule has 0 saturated carbocycles. The van der Waals surface area contributed by atoms with Crippen molar-refractivity contribution in [2.24, 2.45) is 5.92 Å². The number of nitrogens with zero attached hydrogens (tertiary/aromatic N) is 2. The number of halogens is 3. The van der Waals surface area contributed by atoms with Gasteiger partial charge in [-0.25, -0.2) is 4.68 Å². The summed E-state index contributed by atoms with van der Waals surface area (Å²) in [6.07, 6.45) is -0.723. The number of rotatable bonds is 3. The number of nitrogens with one attached hydrogen (secondary N) is 2. The molecule has 0 aliphatic carbocycles. The highest BCUT2D eigenvalue weighted by atomic mass is 19.4. The van der Waals surface area contributed by atoms with Gasteiger partial charge in [0.05, 0.1) is 35.2 Å². The maximum absolute atomic E-state index is 12.7. The lowest BCUT2D eigenvalue weighted by atomic mass is 10.1. The van der Waals surface area contributed by atoms with E-state index in [0.717, 1.165) is 25.1 Å². The molecule has 2 N–H and O–H groups in total. The van der Waals surface area contributed by atoms with E-state index in [1.54, 1.807) is 0 Å². The van der Waals surface area contributed by atoms with E-state index < -0.39 is 11.7 Å². The minimum atomic E-state index is -4.41. The minimum Gasteiger partial charge on any atom is -0.323 e. The molecule has 1 aliphatic heterocycles. The van der Waals surface area contributed by atoms with E-state index in [0.29, 0.717) is 12.2 Å². The van der Waals surface area contributed by atoms with Crippen LogP contribution in [0.25, 0.3) is 5.69 Å². The molecule has 1 aromatic carbocycles. The Balaban J connectivity index is 1.75. The van der Waals surface area contributed by atoms with Crippen LogP contribution >= 0.6 is 0 Å². The van der Waals surface area contributed by atoms with Crippen molar-refractivity contribution in [2.75, 3.05) is 18.4 Å². The number of benzene rings is 1. The van der Waals surface area contributed by atoms with Crippen molar-refractivity contribution in [3.8, 4) is 5.69 Å². The highest BCUT2D eigenvalue weighted by Crippen LogP contribution is 2.30. The van der Waals surface area contributed by atoms with Gasteiger partial charge in [-0.3, -0.25) is 4.79 Å². The van der Waals surface area contributed by atoms with Crippen LogP contribution < -0.4 is 10.6 Å². The summed E-state index contributed by atoms with van der Waals surface area (Å²) in [5.74, 6) is -0.203. The number of hydrogen-bond donors (Lipinski definition) is 2. The molecule has 23 heavy (non-hydrogen) atoms. The van der Waals surface area contributed by atoms with Crippen molar-refractivity contribution in [3.63, 3.8) is 0 Å². The zero-order valence-corrected chi connectivity index (χ0v) is 12.1. The van der Waals surface area contributed by atoms with E-state index in [4.69, 9.17) is 0 Å². The lowest BCUT2D eigenvalue weighted by Gasteiger charge is -2.09. The molecule has 122 valence electrons. The van der Waals surface area contributed by atoms with Crippen LogP contribution in [0.3, 0.4) is 0 Å². The molecule has 2 heterocycles. The quantitative estimate of drug-likeness (QED) is 0.912. The largest absolute Gasteiger partial charge is 0.416 e. The van der Waals surface area contributed by atoms with Crippen molar-refractivity contribution < 1.29 is 18.0 Å². The topological polar surface area (TPSA) is 59.0 Å². The van der Waals surface area contributed by atoms with Gasteiger partial charge in [-0.1, -0.05) is 6.07 Å². The van der Waals surface area contributed by atoms with Crippen LogP contribution in [0.15, 0.2) is 36.7 Å². The first-order valence-electron chi connectivity index (χ1n) is 7.17. The molecule has 3 rings (SSSR count). The molecule has 5 nitrogen and oxygen atoms in total. The average Bonchev–Trinajstić information content (AvgIpc) is 3.18. The van der Waals surface area contributed by atoms with Gasteiger partial charge in [-0.05, 0) is 31.2 Å². The van der Waals surface area contributed by atoms with E-state index >= 15 is 0 Å². The number of carbonyl (C=O) groups excluding carboxylic acids is 1. The molecule has 0 spiro atoms. The summed E-state index contributed by atoms with van der Waals surface area (Å²) in [7, 11) is 0. The third-order valence-corrected chi connectivity index (χ3v) is 3.72. The van der Waals surface area contributed by atoms with Crippen LogP contribution in [0.5, 0.6) is 0 Å². The first-order chi connectivity index (χ1) is 10.9. The number of alkyl halides is 3. The van der Waals surface area contributed by atoms with Crippen molar-refractivity contribution in [2.45, 2.75) is 12.6 Å². The SMILES string of the molecule is O=C(Nc1cnn(-c2cccc(C(F)(F)F)c2)c1)C1CCNC1. The first kappa shape index (κ1) is 15.5. The second-order valence-corrected chi connectivity index (χ2v) is 5.40. The molecule has 1 saturated heterocycles. The Kier molecular flexibility index (Phi) is 4.08. The third-order valence-electron chi connectivity index (χ3n) is 3.72. The molecular weight excluding hydrogens is 309 g/mol. The first-order valence-corrected chi connectivity index (χ1v) is 7.17. The van der Waals surface area contributed by atoms with Gasteiger partial charge < -0.3 is 10.6 Å². The van der Waals surface area contributed by atoms with Gasteiger partial charge in [0.2, 0.25) is 5.91 Å². The summed E-state index contributed by atoms with van der Waals surface area (Å²) in [5, 5.41) is 9.84. The number of carbonyl (C=O) groups is 1. The van der Waals surface area contributed by atoms with E-state index in [1.165, 1.54) is 29.2 Å². The summed E-state index contributed by atoms with van der Waals surface area (Å²) >= 11 is 0. The van der Waals surface area contributed by atoms with Crippen LogP contribution in [0.1, 0.15) is 12.0 Å². The van der Waals surface area contributed by atoms with Crippen LogP contribution in [-0.2, 0) is 11.0 Å². The monoisotopic (exact) mass is 324 g/mol. The Morgan fingerprint density at radius 2 is 2.22 bits per heavy atom. The Labute approximate surface area is 130 Å². The highest BCUT2D eigenvalue weighted by Gasteiger charge is 2.30. The number of anilines is 1. The highest BCUT2D eigenvalue weighted by molar-refractivity contribution is 5.92. The second-order valence-electron chi connectivity index (χ2n) is 5.40. The van der Waals surface area contributed by atoms with Crippen LogP contribution in [0, 0.1) is 5.92 Å². The zero-order chi connectivity index (χ0) is 16.4. The number of amides is 1. The second kappa shape index (κ2) is 6.04. The van der Waals surface area contributed by atoms with Crippen LogP contribution in [0.2, 0.25) is 0 Å². The standard InChI is InChI=1S/C15H15F3N4O/c16-15(17,18)11-2-1-3-13(6-11)22-9-12(8-20-22)21-14(23)10-4-5-19-7-10/h1-3,6,8-10,19H,4-5,7H2,(H,21,23). The fourth-order valence-corrected chi connectivity index (χ4v) is 2.48. The van der Waals surface area contributed by atoms with Crippen molar-refractivity contribution in [3.05, 3.63) is 42.2 Å². The summed E-state index contributed by atoms with van der Waals surface area (Å²) < 4.78 is 39.5. The van der Waals surface area contributed by atoms with Gasteiger partial charge in [-0.2, -0.15) is 18.3 Å². The molecule has 2 aromatic rings. The smallest absolute Gasteiger partial charge is 0.323 e. The summed E-state index contributed by atoms with van der Waals surface area (Å²) in [6.45, 7) is 1.44. The Morgan fingerprint density at radius 1 is 1.39 bits per heavy atom. The normalized spacial score (nSPS) is 18.1. The van der Waals surface area contributed by atoms with Gasteiger partial charge in [-0.15, -0.1) is 0 Å². The molecule has 1 unspecified atom stereocenters. The predicted molar refractivity (Wildman–Crippen MR) is 78.2 cm³/mol. The molecule has 0 bridgehead atoms. The maximum atomic E-state index is 12.7. The molecule has 8 heteroatoms. The zero-order valence-electron chi connectivity index (χ0n) is 12.1.